The largest absolute Gasteiger partial charge is 0.393 e. The molecular formula is C16H33NO. The topological polar surface area (TPSA) is 46.2 Å². The first-order valence-electron chi connectivity index (χ1n) is 8.13. The Morgan fingerprint density at radius 3 is 2.11 bits per heavy atom. The van der Waals surface area contributed by atoms with Gasteiger partial charge in [0.25, 0.3) is 0 Å². The Hall–Kier alpha value is -0.0800. The highest BCUT2D eigenvalue weighted by Crippen LogP contribution is 2.41. The maximum atomic E-state index is 10.4. The number of hydrogen-bond acceptors (Lipinski definition) is 2. The molecule has 1 saturated carbocycles. The molecule has 0 amide bonds. The quantitative estimate of drug-likeness (QED) is 0.579. The lowest BCUT2D eigenvalue weighted by Crippen LogP contribution is -2.39. The summed E-state index contributed by atoms with van der Waals surface area (Å²) in [5.74, 6) is 0. The molecule has 1 atom stereocenters. The summed E-state index contributed by atoms with van der Waals surface area (Å²) in [5, 5.41) is 10.4. The molecule has 1 rings (SSSR count). The van der Waals surface area contributed by atoms with Crippen molar-refractivity contribution in [2.24, 2.45) is 11.1 Å². The molecule has 0 heterocycles. The van der Waals surface area contributed by atoms with Crippen molar-refractivity contribution in [3.05, 3.63) is 0 Å². The van der Waals surface area contributed by atoms with E-state index in [0.29, 0.717) is 6.54 Å². The van der Waals surface area contributed by atoms with Crippen molar-refractivity contribution in [3.8, 4) is 0 Å². The molecule has 0 radical (unpaired) electrons. The molecule has 0 aromatic heterocycles. The number of rotatable bonds is 10. The number of unbranched alkanes of at least 4 members (excludes halogenated alkanes) is 6. The summed E-state index contributed by atoms with van der Waals surface area (Å²) in [6.45, 7) is 2.93. The van der Waals surface area contributed by atoms with Crippen LogP contribution in [0.4, 0.5) is 0 Å². The van der Waals surface area contributed by atoms with Gasteiger partial charge >= 0.3 is 0 Å². The molecule has 0 aromatic rings. The third-order valence-corrected chi connectivity index (χ3v) is 4.79. The van der Waals surface area contributed by atoms with Gasteiger partial charge in [-0.1, -0.05) is 64.7 Å². The van der Waals surface area contributed by atoms with Gasteiger partial charge in [-0.25, -0.2) is 0 Å². The highest BCUT2D eigenvalue weighted by atomic mass is 16.3. The van der Waals surface area contributed by atoms with E-state index >= 15 is 0 Å². The maximum Gasteiger partial charge on any atom is 0.0608 e. The fourth-order valence-electron chi connectivity index (χ4n) is 3.35. The molecule has 1 aliphatic rings. The van der Waals surface area contributed by atoms with Crippen LogP contribution in [-0.2, 0) is 0 Å². The summed E-state index contributed by atoms with van der Waals surface area (Å²) in [4.78, 5) is 0. The van der Waals surface area contributed by atoms with Gasteiger partial charge in [0.1, 0.15) is 0 Å². The fourth-order valence-corrected chi connectivity index (χ4v) is 3.35. The van der Waals surface area contributed by atoms with Crippen LogP contribution < -0.4 is 5.73 Å². The van der Waals surface area contributed by atoms with Crippen LogP contribution in [0.3, 0.4) is 0 Å². The molecule has 2 heteroatoms. The summed E-state index contributed by atoms with van der Waals surface area (Å²) in [5.41, 5.74) is 5.97. The fraction of sp³-hybridized carbons (Fsp3) is 1.00. The highest BCUT2D eigenvalue weighted by Gasteiger charge is 2.38. The van der Waals surface area contributed by atoms with E-state index in [4.69, 9.17) is 5.73 Å². The predicted molar refractivity (Wildman–Crippen MR) is 78.6 cm³/mol. The van der Waals surface area contributed by atoms with E-state index in [-0.39, 0.29) is 11.5 Å². The standard InChI is InChI=1S/C16H33NO/c1-2-3-4-5-6-7-8-11-15(18)16(14-17)12-9-10-13-16/h15,18H,2-14,17H2,1H3. The molecule has 0 saturated heterocycles. The zero-order chi connectivity index (χ0) is 13.3. The lowest BCUT2D eigenvalue weighted by Gasteiger charge is -2.33. The van der Waals surface area contributed by atoms with Crippen LogP contribution in [0, 0.1) is 5.41 Å². The highest BCUT2D eigenvalue weighted by molar-refractivity contribution is 4.91. The minimum Gasteiger partial charge on any atom is -0.393 e. The van der Waals surface area contributed by atoms with Crippen molar-refractivity contribution in [2.45, 2.75) is 90.1 Å². The van der Waals surface area contributed by atoms with Gasteiger partial charge in [0.15, 0.2) is 0 Å². The van der Waals surface area contributed by atoms with Crippen LogP contribution >= 0.6 is 0 Å². The van der Waals surface area contributed by atoms with E-state index < -0.39 is 0 Å². The second-order valence-electron chi connectivity index (χ2n) is 6.20. The van der Waals surface area contributed by atoms with Gasteiger partial charge in [0, 0.05) is 12.0 Å². The van der Waals surface area contributed by atoms with Crippen LogP contribution in [0.1, 0.15) is 84.0 Å². The van der Waals surface area contributed by atoms with Crippen LogP contribution in [0.15, 0.2) is 0 Å². The van der Waals surface area contributed by atoms with Crippen molar-refractivity contribution in [3.63, 3.8) is 0 Å². The van der Waals surface area contributed by atoms with Gasteiger partial charge in [-0.15, -0.1) is 0 Å². The summed E-state index contributed by atoms with van der Waals surface area (Å²) in [6, 6.07) is 0. The molecule has 1 fully saturated rings. The normalized spacial score (nSPS) is 20.2. The van der Waals surface area contributed by atoms with Crippen molar-refractivity contribution in [1.29, 1.82) is 0 Å². The summed E-state index contributed by atoms with van der Waals surface area (Å²) in [6.07, 6.45) is 14.8. The van der Waals surface area contributed by atoms with E-state index in [9.17, 15) is 5.11 Å². The van der Waals surface area contributed by atoms with E-state index in [1.807, 2.05) is 0 Å². The zero-order valence-electron chi connectivity index (χ0n) is 12.3. The molecule has 0 aliphatic heterocycles. The Labute approximate surface area is 113 Å². The molecule has 0 bridgehead atoms. The van der Waals surface area contributed by atoms with Gasteiger partial charge in [0.2, 0.25) is 0 Å². The molecular weight excluding hydrogens is 222 g/mol. The number of hydrogen-bond donors (Lipinski definition) is 2. The van der Waals surface area contributed by atoms with E-state index in [2.05, 4.69) is 6.92 Å². The monoisotopic (exact) mass is 255 g/mol. The molecule has 3 N–H and O–H groups in total. The Kier molecular flexibility index (Phi) is 7.92. The van der Waals surface area contributed by atoms with Crippen LogP contribution in [0.25, 0.3) is 0 Å². The lowest BCUT2D eigenvalue weighted by atomic mass is 9.78. The average molecular weight is 255 g/mol. The summed E-state index contributed by atoms with van der Waals surface area (Å²) < 4.78 is 0. The van der Waals surface area contributed by atoms with Gasteiger partial charge in [-0.2, -0.15) is 0 Å². The molecule has 2 nitrogen and oxygen atoms in total. The first-order valence-corrected chi connectivity index (χ1v) is 8.13. The smallest absolute Gasteiger partial charge is 0.0608 e. The zero-order valence-corrected chi connectivity index (χ0v) is 12.3. The predicted octanol–water partition coefficient (Wildman–Crippen LogP) is 4.01. The molecule has 1 unspecified atom stereocenters. The summed E-state index contributed by atoms with van der Waals surface area (Å²) in [7, 11) is 0. The Bertz CT molecular complexity index is 199. The van der Waals surface area contributed by atoms with Crippen LogP contribution in [0.5, 0.6) is 0 Å². The lowest BCUT2D eigenvalue weighted by molar-refractivity contribution is 0.0261. The number of nitrogens with two attached hydrogens (primary N) is 1. The average Bonchev–Trinajstić information content (AvgIpc) is 2.87. The Morgan fingerprint density at radius 2 is 1.56 bits per heavy atom. The molecule has 0 spiro atoms. The molecule has 1 aliphatic carbocycles. The first-order chi connectivity index (χ1) is 8.75. The maximum absolute atomic E-state index is 10.4. The van der Waals surface area contributed by atoms with Crippen molar-refractivity contribution in [1.82, 2.24) is 0 Å². The van der Waals surface area contributed by atoms with Crippen LogP contribution in [-0.4, -0.2) is 17.8 Å². The first kappa shape index (κ1) is 16.0. The van der Waals surface area contributed by atoms with Crippen molar-refractivity contribution >= 4 is 0 Å². The second-order valence-corrected chi connectivity index (χ2v) is 6.20. The van der Waals surface area contributed by atoms with Crippen molar-refractivity contribution in [2.75, 3.05) is 6.54 Å². The minimum absolute atomic E-state index is 0.0716. The molecule has 108 valence electrons. The van der Waals surface area contributed by atoms with E-state index in [1.165, 1.54) is 57.8 Å². The number of aliphatic hydroxyl groups is 1. The molecule has 18 heavy (non-hydrogen) atoms. The summed E-state index contributed by atoms with van der Waals surface area (Å²) >= 11 is 0. The van der Waals surface area contributed by atoms with E-state index in [0.717, 1.165) is 19.3 Å². The second kappa shape index (κ2) is 8.92. The Morgan fingerprint density at radius 1 is 1.00 bits per heavy atom. The van der Waals surface area contributed by atoms with Gasteiger partial charge in [-0.05, 0) is 19.3 Å². The van der Waals surface area contributed by atoms with Gasteiger partial charge in [0.05, 0.1) is 6.10 Å². The van der Waals surface area contributed by atoms with E-state index in [1.54, 1.807) is 0 Å². The van der Waals surface area contributed by atoms with Gasteiger partial charge < -0.3 is 10.8 Å². The number of aliphatic hydroxyl groups excluding tert-OH is 1. The van der Waals surface area contributed by atoms with Crippen LogP contribution in [0.2, 0.25) is 0 Å². The molecule has 0 aromatic carbocycles. The van der Waals surface area contributed by atoms with Crippen molar-refractivity contribution < 1.29 is 5.11 Å². The van der Waals surface area contributed by atoms with Gasteiger partial charge in [-0.3, -0.25) is 0 Å². The minimum atomic E-state index is -0.152. The third kappa shape index (κ3) is 4.89. The third-order valence-electron chi connectivity index (χ3n) is 4.79. The SMILES string of the molecule is CCCCCCCCCC(O)C1(CN)CCCC1. The Balaban J connectivity index is 2.07.